The van der Waals surface area contributed by atoms with E-state index in [2.05, 4.69) is 5.11 Å². The van der Waals surface area contributed by atoms with E-state index in [4.69, 9.17) is 15.7 Å². The molecule has 0 heterocycles. The molecule has 0 rings (SSSR count). The number of aliphatic carboxylic acids is 2. The van der Waals surface area contributed by atoms with Crippen molar-refractivity contribution in [3.8, 4) is 0 Å². The molecule has 0 aliphatic heterocycles. The van der Waals surface area contributed by atoms with Gasteiger partial charge in [-0.15, -0.1) is 0 Å². The van der Waals surface area contributed by atoms with Crippen LogP contribution in [0, 0.1) is 5.53 Å². The van der Waals surface area contributed by atoms with Crippen molar-refractivity contribution < 1.29 is 19.8 Å². The van der Waals surface area contributed by atoms with Crippen molar-refractivity contribution in [1.29, 1.82) is 5.53 Å². The second-order valence-electron chi connectivity index (χ2n) is 1.58. The Labute approximate surface area is 56.0 Å². The quantitative estimate of drug-likeness (QED) is 0.482. The molecular formula is C4H6N2O4. The third kappa shape index (κ3) is 2.75. The summed E-state index contributed by atoms with van der Waals surface area (Å²) in [5.41, 5.74) is 6.26. The number of hydrogen-bond donors (Lipinski definition) is 3. The summed E-state index contributed by atoms with van der Waals surface area (Å²) in [5.74, 6) is -2.67. The Hall–Kier alpha value is -1.46. The minimum atomic E-state index is -1.45. The van der Waals surface area contributed by atoms with Gasteiger partial charge in [-0.1, -0.05) is 0 Å². The fourth-order valence-electron chi connectivity index (χ4n) is 0.354. The number of carboxylic acids is 2. The highest BCUT2D eigenvalue weighted by Crippen LogP contribution is 1.96. The van der Waals surface area contributed by atoms with Gasteiger partial charge in [0.05, 0.1) is 6.42 Å². The van der Waals surface area contributed by atoms with E-state index >= 15 is 0 Å². The van der Waals surface area contributed by atoms with E-state index in [1.165, 1.54) is 0 Å². The first-order valence-electron chi connectivity index (χ1n) is 2.39. The van der Waals surface area contributed by atoms with Crippen LogP contribution in [0.1, 0.15) is 6.42 Å². The SMILES string of the molecule is N=N[C@@H](CC(=O)O)C(=O)O. The number of carbonyl (C=O) groups is 2. The molecule has 0 aliphatic carbocycles. The number of nitrogens with zero attached hydrogens (tertiary/aromatic N) is 1. The predicted octanol–water partition coefficient (Wildman–Crippen LogP) is -0.0547. The van der Waals surface area contributed by atoms with Gasteiger partial charge in [0.1, 0.15) is 0 Å². The summed E-state index contributed by atoms with van der Waals surface area (Å²) < 4.78 is 0. The first-order valence-corrected chi connectivity index (χ1v) is 2.39. The molecule has 0 spiro atoms. The molecular weight excluding hydrogens is 140 g/mol. The number of nitrogens with one attached hydrogen (secondary N) is 1. The van der Waals surface area contributed by atoms with Crippen molar-refractivity contribution in [3.63, 3.8) is 0 Å². The molecule has 0 radical (unpaired) electrons. The Morgan fingerprint density at radius 1 is 1.50 bits per heavy atom. The molecule has 56 valence electrons. The van der Waals surface area contributed by atoms with E-state index in [-0.39, 0.29) is 0 Å². The van der Waals surface area contributed by atoms with E-state index in [0.717, 1.165) is 0 Å². The van der Waals surface area contributed by atoms with Gasteiger partial charge in [-0.25, -0.2) is 10.3 Å². The number of carboxylic acid groups (broad SMARTS) is 2. The molecule has 0 saturated heterocycles. The van der Waals surface area contributed by atoms with Gasteiger partial charge in [0, 0.05) is 0 Å². The second kappa shape index (κ2) is 3.54. The second-order valence-corrected chi connectivity index (χ2v) is 1.58. The minimum Gasteiger partial charge on any atom is -0.481 e. The Morgan fingerprint density at radius 3 is 2.10 bits per heavy atom. The van der Waals surface area contributed by atoms with Crippen LogP contribution in [-0.4, -0.2) is 28.2 Å². The maximum atomic E-state index is 9.99. The molecule has 0 unspecified atom stereocenters. The first kappa shape index (κ1) is 8.54. The smallest absolute Gasteiger partial charge is 0.330 e. The van der Waals surface area contributed by atoms with Gasteiger partial charge in [0.2, 0.25) is 0 Å². The van der Waals surface area contributed by atoms with Crippen LogP contribution in [0.3, 0.4) is 0 Å². The Morgan fingerprint density at radius 2 is 2.00 bits per heavy atom. The van der Waals surface area contributed by atoms with Crippen LogP contribution in [-0.2, 0) is 9.59 Å². The number of hydrogen-bond acceptors (Lipinski definition) is 4. The lowest BCUT2D eigenvalue weighted by Gasteiger charge is -1.98. The zero-order chi connectivity index (χ0) is 8.15. The molecule has 3 N–H and O–H groups in total. The summed E-state index contributed by atoms with van der Waals surface area (Å²) in [6.07, 6.45) is -0.640. The fourth-order valence-corrected chi connectivity index (χ4v) is 0.354. The van der Waals surface area contributed by atoms with Crippen LogP contribution >= 0.6 is 0 Å². The summed E-state index contributed by atoms with van der Waals surface area (Å²) in [4.78, 5) is 19.9. The summed E-state index contributed by atoms with van der Waals surface area (Å²) in [6.45, 7) is 0. The predicted molar refractivity (Wildman–Crippen MR) is 28.8 cm³/mol. The van der Waals surface area contributed by atoms with Crippen molar-refractivity contribution in [3.05, 3.63) is 0 Å². The molecule has 0 aromatic heterocycles. The highest BCUT2D eigenvalue weighted by atomic mass is 16.4. The molecule has 0 saturated carbocycles. The van der Waals surface area contributed by atoms with Crippen LogP contribution in [0.5, 0.6) is 0 Å². The third-order valence-electron chi connectivity index (χ3n) is 0.809. The van der Waals surface area contributed by atoms with E-state index < -0.39 is 24.4 Å². The maximum absolute atomic E-state index is 9.99. The lowest BCUT2D eigenvalue weighted by atomic mass is 10.2. The minimum absolute atomic E-state index is 0.640. The van der Waals surface area contributed by atoms with Crippen molar-refractivity contribution in [2.24, 2.45) is 5.11 Å². The molecule has 0 aromatic rings. The van der Waals surface area contributed by atoms with Crippen molar-refractivity contribution in [1.82, 2.24) is 0 Å². The molecule has 0 aliphatic rings. The van der Waals surface area contributed by atoms with E-state index in [1.807, 2.05) is 0 Å². The van der Waals surface area contributed by atoms with Gasteiger partial charge in [0.15, 0.2) is 6.04 Å². The summed E-state index contributed by atoms with van der Waals surface area (Å²) in [6, 6.07) is -1.45. The first-order chi connectivity index (χ1) is 4.57. The molecule has 6 nitrogen and oxygen atoms in total. The van der Waals surface area contributed by atoms with Crippen LogP contribution in [0.15, 0.2) is 5.11 Å². The zero-order valence-corrected chi connectivity index (χ0v) is 4.94. The van der Waals surface area contributed by atoms with Crippen molar-refractivity contribution in [2.75, 3.05) is 0 Å². The van der Waals surface area contributed by atoms with Crippen LogP contribution in [0.2, 0.25) is 0 Å². The van der Waals surface area contributed by atoms with Crippen LogP contribution in [0.25, 0.3) is 0 Å². The summed E-state index contributed by atoms with van der Waals surface area (Å²) >= 11 is 0. The standard InChI is InChI=1S/C4H6N2O4/c5-6-2(4(9)10)1-3(7)8/h2,5H,1H2,(H,7,8)(H,9,10)/t2-/m0/s1. The van der Waals surface area contributed by atoms with Gasteiger partial charge in [0.25, 0.3) is 0 Å². The van der Waals surface area contributed by atoms with Crippen molar-refractivity contribution >= 4 is 11.9 Å². The van der Waals surface area contributed by atoms with Gasteiger partial charge >= 0.3 is 11.9 Å². The Bertz CT molecular complexity index is 167. The monoisotopic (exact) mass is 146 g/mol. The average Bonchev–Trinajstić information content (AvgIpc) is 1.81. The molecule has 0 aromatic carbocycles. The van der Waals surface area contributed by atoms with E-state index in [0.29, 0.717) is 0 Å². The van der Waals surface area contributed by atoms with Gasteiger partial charge in [-0.05, 0) is 0 Å². The largest absolute Gasteiger partial charge is 0.481 e. The van der Waals surface area contributed by atoms with Gasteiger partial charge < -0.3 is 10.2 Å². The van der Waals surface area contributed by atoms with Crippen LogP contribution in [0.4, 0.5) is 0 Å². The number of rotatable bonds is 4. The lowest BCUT2D eigenvalue weighted by molar-refractivity contribution is -0.145. The molecule has 0 amide bonds. The summed E-state index contributed by atoms with van der Waals surface area (Å²) in [5, 5.41) is 18.8. The highest BCUT2D eigenvalue weighted by Gasteiger charge is 2.19. The Balaban J connectivity index is 3.96. The fraction of sp³-hybridized carbons (Fsp3) is 0.500. The molecule has 1 atom stereocenters. The average molecular weight is 146 g/mol. The van der Waals surface area contributed by atoms with E-state index in [9.17, 15) is 9.59 Å². The van der Waals surface area contributed by atoms with Gasteiger partial charge in [-0.3, -0.25) is 4.79 Å². The molecule has 6 heteroatoms. The summed E-state index contributed by atoms with van der Waals surface area (Å²) in [7, 11) is 0. The van der Waals surface area contributed by atoms with Gasteiger partial charge in [-0.2, -0.15) is 5.11 Å². The molecule has 0 bridgehead atoms. The van der Waals surface area contributed by atoms with E-state index in [1.54, 1.807) is 0 Å². The zero-order valence-electron chi connectivity index (χ0n) is 4.94. The topological polar surface area (TPSA) is 111 Å². The molecule has 10 heavy (non-hydrogen) atoms. The lowest BCUT2D eigenvalue weighted by Crippen LogP contribution is -2.20. The van der Waals surface area contributed by atoms with Crippen molar-refractivity contribution in [2.45, 2.75) is 12.5 Å². The third-order valence-corrected chi connectivity index (χ3v) is 0.809. The maximum Gasteiger partial charge on any atom is 0.330 e. The molecule has 0 fully saturated rings. The highest BCUT2D eigenvalue weighted by molar-refractivity contribution is 5.80. The normalized spacial score (nSPS) is 12.0. The van der Waals surface area contributed by atoms with Crippen LogP contribution < -0.4 is 0 Å². The Kier molecular flexibility index (Phi) is 3.03.